The van der Waals surface area contributed by atoms with E-state index in [2.05, 4.69) is 71.7 Å². The third kappa shape index (κ3) is 3.94. The fourth-order valence-electron chi connectivity index (χ4n) is 3.33. The van der Waals surface area contributed by atoms with Gasteiger partial charge in [-0.1, -0.05) is 56.8 Å². The molecular formula is C22H25N5OS2. The Labute approximate surface area is 184 Å². The number of hydrogen-bond acceptors (Lipinski definition) is 6. The van der Waals surface area contributed by atoms with Crippen LogP contribution in [0, 0.1) is 6.92 Å². The molecule has 0 unspecified atom stereocenters. The van der Waals surface area contributed by atoms with Crippen molar-refractivity contribution in [2.75, 3.05) is 0 Å². The summed E-state index contributed by atoms with van der Waals surface area (Å²) in [7, 11) is 0. The highest BCUT2D eigenvalue weighted by atomic mass is 32.2. The zero-order valence-electron chi connectivity index (χ0n) is 17.8. The Morgan fingerprint density at radius 1 is 1.13 bits per heavy atom. The van der Waals surface area contributed by atoms with Crippen LogP contribution >= 0.6 is 23.1 Å². The average molecular weight is 440 g/mol. The van der Waals surface area contributed by atoms with Gasteiger partial charge in [-0.2, -0.15) is 0 Å². The van der Waals surface area contributed by atoms with Crippen molar-refractivity contribution >= 4 is 28.1 Å². The number of nitrogens with zero attached hydrogens (tertiary/aromatic N) is 5. The summed E-state index contributed by atoms with van der Waals surface area (Å²) in [5.74, 6) is 1.43. The van der Waals surface area contributed by atoms with Crippen LogP contribution in [0.25, 0.3) is 16.3 Å². The predicted octanol–water partition coefficient (Wildman–Crippen LogP) is 4.93. The fraction of sp³-hybridized carbons (Fsp3) is 0.364. The van der Waals surface area contributed by atoms with Gasteiger partial charge in [-0.3, -0.25) is 9.20 Å². The molecule has 3 heterocycles. The molecule has 1 aromatic carbocycles. The van der Waals surface area contributed by atoms with Gasteiger partial charge in [0, 0.05) is 35.0 Å². The molecular weight excluding hydrogens is 414 g/mol. The number of thioether (sulfide) groups is 1. The minimum Gasteiger partial charge on any atom is -0.302 e. The molecule has 0 saturated heterocycles. The quantitative estimate of drug-likeness (QED) is 0.413. The van der Waals surface area contributed by atoms with Gasteiger partial charge >= 0.3 is 0 Å². The summed E-state index contributed by atoms with van der Waals surface area (Å²) in [5, 5.41) is 11.6. The molecule has 156 valence electrons. The standard InChI is InChI=1S/C22H25N5OS2/c1-6-26-19(15-7-9-16(10-8-15)22(3,4)5)24-25-21(26)30-13-17-11-18(28)27-14(2)12-29-20(27)23-17/h7-12H,6,13H2,1-5H3. The molecule has 0 aliphatic rings. The highest BCUT2D eigenvalue weighted by Gasteiger charge is 2.17. The Kier molecular flexibility index (Phi) is 5.55. The first-order valence-corrected chi connectivity index (χ1v) is 11.8. The van der Waals surface area contributed by atoms with Gasteiger partial charge in [0.25, 0.3) is 5.56 Å². The molecule has 0 aliphatic heterocycles. The van der Waals surface area contributed by atoms with Crippen molar-refractivity contribution in [3.63, 3.8) is 0 Å². The van der Waals surface area contributed by atoms with Crippen molar-refractivity contribution in [3.05, 3.63) is 63.0 Å². The molecule has 8 heteroatoms. The van der Waals surface area contributed by atoms with Crippen molar-refractivity contribution < 1.29 is 0 Å². The fourth-order valence-corrected chi connectivity index (χ4v) is 5.11. The van der Waals surface area contributed by atoms with Crippen molar-refractivity contribution in [2.24, 2.45) is 0 Å². The molecule has 30 heavy (non-hydrogen) atoms. The van der Waals surface area contributed by atoms with Crippen LogP contribution in [-0.2, 0) is 17.7 Å². The van der Waals surface area contributed by atoms with Crippen molar-refractivity contribution in [3.8, 4) is 11.4 Å². The predicted molar refractivity (Wildman–Crippen MR) is 123 cm³/mol. The average Bonchev–Trinajstić information content (AvgIpc) is 3.29. The van der Waals surface area contributed by atoms with Crippen molar-refractivity contribution in [1.29, 1.82) is 0 Å². The summed E-state index contributed by atoms with van der Waals surface area (Å²) in [5.41, 5.74) is 4.10. The second kappa shape index (κ2) is 8.00. The van der Waals surface area contributed by atoms with Crippen LogP contribution in [0.5, 0.6) is 0 Å². The summed E-state index contributed by atoms with van der Waals surface area (Å²) in [6, 6.07) is 10.2. The third-order valence-electron chi connectivity index (χ3n) is 5.02. The minimum atomic E-state index is -0.0362. The Bertz CT molecular complexity index is 1250. The number of rotatable bonds is 5. The molecule has 0 saturated carbocycles. The van der Waals surface area contributed by atoms with Crippen molar-refractivity contribution in [2.45, 2.75) is 57.5 Å². The van der Waals surface area contributed by atoms with Gasteiger partial charge in [-0.15, -0.1) is 21.5 Å². The van der Waals surface area contributed by atoms with E-state index >= 15 is 0 Å². The smallest absolute Gasteiger partial charge is 0.258 e. The topological polar surface area (TPSA) is 65.1 Å². The van der Waals surface area contributed by atoms with Crippen LogP contribution in [0.4, 0.5) is 0 Å². The molecule has 0 fully saturated rings. The number of thiazole rings is 1. The van der Waals surface area contributed by atoms with Gasteiger partial charge < -0.3 is 4.57 Å². The second-order valence-corrected chi connectivity index (χ2v) is 10.0. The monoisotopic (exact) mass is 439 g/mol. The van der Waals surface area contributed by atoms with E-state index in [9.17, 15) is 4.79 Å². The molecule has 6 nitrogen and oxygen atoms in total. The Balaban J connectivity index is 1.58. The second-order valence-electron chi connectivity index (χ2n) is 8.25. The van der Waals surface area contributed by atoms with E-state index in [0.717, 1.165) is 39.4 Å². The Morgan fingerprint density at radius 3 is 2.53 bits per heavy atom. The van der Waals surface area contributed by atoms with Crippen molar-refractivity contribution in [1.82, 2.24) is 24.1 Å². The zero-order valence-corrected chi connectivity index (χ0v) is 19.5. The lowest BCUT2D eigenvalue weighted by Crippen LogP contribution is -2.14. The first kappa shape index (κ1) is 20.8. The highest BCUT2D eigenvalue weighted by Crippen LogP contribution is 2.28. The van der Waals surface area contributed by atoms with Gasteiger partial charge in [0.1, 0.15) is 0 Å². The lowest BCUT2D eigenvalue weighted by Gasteiger charge is -2.19. The largest absolute Gasteiger partial charge is 0.302 e. The Hall–Kier alpha value is -2.45. The van der Waals surface area contributed by atoms with Crippen LogP contribution in [0.2, 0.25) is 0 Å². The summed E-state index contributed by atoms with van der Waals surface area (Å²) >= 11 is 3.04. The van der Waals surface area contributed by atoms with Gasteiger partial charge in [-0.05, 0) is 24.8 Å². The molecule has 0 atom stereocenters. The summed E-state index contributed by atoms with van der Waals surface area (Å²) in [6.07, 6.45) is 0. The SMILES string of the molecule is CCn1c(SCc2cc(=O)n3c(C)csc3n2)nnc1-c1ccc(C(C)(C)C)cc1. The van der Waals surface area contributed by atoms with Gasteiger partial charge in [-0.25, -0.2) is 4.98 Å². The maximum absolute atomic E-state index is 12.4. The maximum atomic E-state index is 12.4. The van der Waals surface area contributed by atoms with Crippen LogP contribution in [-0.4, -0.2) is 24.1 Å². The lowest BCUT2D eigenvalue weighted by atomic mass is 9.87. The van der Waals surface area contributed by atoms with Crippen LogP contribution in [0.1, 0.15) is 44.6 Å². The molecule has 0 spiro atoms. The number of aryl methyl sites for hydroxylation is 1. The normalized spacial score (nSPS) is 12.0. The molecule has 0 radical (unpaired) electrons. The molecule has 0 bridgehead atoms. The van der Waals surface area contributed by atoms with E-state index in [1.54, 1.807) is 22.2 Å². The van der Waals surface area contributed by atoms with Gasteiger partial charge in [0.2, 0.25) is 0 Å². The summed E-state index contributed by atoms with van der Waals surface area (Å²) < 4.78 is 3.75. The van der Waals surface area contributed by atoms with Crippen LogP contribution in [0.15, 0.2) is 45.7 Å². The van der Waals surface area contributed by atoms with E-state index in [4.69, 9.17) is 0 Å². The number of benzene rings is 1. The zero-order chi connectivity index (χ0) is 21.5. The molecule has 0 amide bonds. The molecule has 4 rings (SSSR count). The number of hydrogen-bond donors (Lipinski definition) is 0. The third-order valence-corrected chi connectivity index (χ3v) is 6.96. The molecule has 0 N–H and O–H groups in total. The molecule has 3 aromatic heterocycles. The van der Waals surface area contributed by atoms with E-state index < -0.39 is 0 Å². The van der Waals surface area contributed by atoms with Crippen LogP contribution in [0.3, 0.4) is 0 Å². The van der Waals surface area contributed by atoms with E-state index in [0.29, 0.717) is 5.75 Å². The molecule has 0 aliphatic carbocycles. The first-order valence-electron chi connectivity index (χ1n) is 9.91. The summed E-state index contributed by atoms with van der Waals surface area (Å²) in [4.78, 5) is 17.7. The Morgan fingerprint density at radius 2 is 1.87 bits per heavy atom. The van der Waals surface area contributed by atoms with E-state index in [-0.39, 0.29) is 11.0 Å². The van der Waals surface area contributed by atoms with Crippen LogP contribution < -0.4 is 5.56 Å². The number of aromatic nitrogens is 5. The summed E-state index contributed by atoms with van der Waals surface area (Å²) in [6.45, 7) is 11.4. The first-order chi connectivity index (χ1) is 14.3. The van der Waals surface area contributed by atoms with Gasteiger partial charge in [0.15, 0.2) is 15.9 Å². The lowest BCUT2D eigenvalue weighted by molar-refractivity contribution is 0.590. The minimum absolute atomic E-state index is 0.0362. The van der Waals surface area contributed by atoms with E-state index in [1.807, 2.05) is 12.3 Å². The van der Waals surface area contributed by atoms with E-state index in [1.165, 1.54) is 16.9 Å². The maximum Gasteiger partial charge on any atom is 0.258 e. The van der Waals surface area contributed by atoms with Gasteiger partial charge in [0.05, 0.1) is 5.69 Å². The highest BCUT2D eigenvalue weighted by molar-refractivity contribution is 7.98. The molecule has 4 aromatic rings. The number of fused-ring (bicyclic) bond motifs is 1.